The topological polar surface area (TPSA) is 59.9 Å². The van der Waals surface area contributed by atoms with Crippen molar-refractivity contribution < 1.29 is 14.3 Å². The summed E-state index contributed by atoms with van der Waals surface area (Å²) < 4.78 is 10.9. The Morgan fingerprint density at radius 1 is 1.27 bits per heavy atom. The number of terminal acetylenes is 1. The molecule has 1 aliphatic carbocycles. The minimum absolute atomic E-state index is 0.0875. The van der Waals surface area contributed by atoms with Crippen LogP contribution >= 0.6 is 22.9 Å². The van der Waals surface area contributed by atoms with E-state index in [-0.39, 0.29) is 12.5 Å². The van der Waals surface area contributed by atoms with Gasteiger partial charge in [-0.05, 0) is 61.1 Å². The number of methoxy groups -OCH3 is 1. The number of carbonyl (C=O) groups excluding carboxylic acids is 1. The quantitative estimate of drug-likeness (QED) is 0.320. The van der Waals surface area contributed by atoms with Gasteiger partial charge in [0.2, 0.25) is 0 Å². The molecule has 0 bridgehead atoms. The van der Waals surface area contributed by atoms with Crippen LogP contribution in [0.5, 0.6) is 11.5 Å². The highest BCUT2D eigenvalue weighted by atomic mass is 35.5. The van der Waals surface area contributed by atoms with Crippen LogP contribution in [0.25, 0.3) is 0 Å². The second kappa shape index (κ2) is 10.6. The van der Waals surface area contributed by atoms with Crippen LogP contribution in [0.1, 0.15) is 39.2 Å². The highest BCUT2D eigenvalue weighted by molar-refractivity contribution is 7.16. The van der Waals surface area contributed by atoms with Crippen LogP contribution in [-0.4, -0.2) is 25.8 Å². The summed E-state index contributed by atoms with van der Waals surface area (Å²) in [5.41, 5.74) is 3.25. The van der Waals surface area contributed by atoms with Crippen molar-refractivity contribution in [1.29, 1.82) is 0 Å². The summed E-state index contributed by atoms with van der Waals surface area (Å²) in [6, 6.07) is 13.0. The molecule has 0 radical (unpaired) electrons. The summed E-state index contributed by atoms with van der Waals surface area (Å²) in [6.45, 7) is 0.0875. The number of aliphatic imine (C=N–C) groups is 1. The molecule has 7 heteroatoms. The molecule has 0 unspecified atom stereocenters. The number of carbonyl (C=O) groups is 1. The van der Waals surface area contributed by atoms with E-state index in [2.05, 4.69) is 11.2 Å². The number of hydrogen-bond acceptors (Lipinski definition) is 5. The maximum atomic E-state index is 13.2. The lowest BCUT2D eigenvalue weighted by Crippen LogP contribution is -2.14. The predicted molar refractivity (Wildman–Crippen MR) is 135 cm³/mol. The Kier molecular flexibility index (Phi) is 7.33. The lowest BCUT2D eigenvalue weighted by atomic mass is 9.95. The van der Waals surface area contributed by atoms with Gasteiger partial charge < -0.3 is 14.8 Å². The van der Waals surface area contributed by atoms with E-state index in [0.717, 1.165) is 42.5 Å². The molecule has 168 valence electrons. The third-order valence-corrected chi connectivity index (χ3v) is 6.77. The molecule has 2 aromatic carbocycles. The van der Waals surface area contributed by atoms with Crippen LogP contribution in [0.15, 0.2) is 47.5 Å². The lowest BCUT2D eigenvalue weighted by Gasteiger charge is -2.13. The molecule has 33 heavy (non-hydrogen) atoms. The number of halogens is 1. The summed E-state index contributed by atoms with van der Waals surface area (Å²) in [7, 11) is 1.54. The first-order valence-electron chi connectivity index (χ1n) is 10.6. The molecule has 1 aromatic heterocycles. The third kappa shape index (κ3) is 5.22. The number of amides is 1. The van der Waals surface area contributed by atoms with Crippen LogP contribution in [0.2, 0.25) is 5.02 Å². The second-order valence-corrected chi connectivity index (χ2v) is 8.99. The molecule has 0 aliphatic heterocycles. The zero-order chi connectivity index (χ0) is 23.2. The maximum Gasteiger partial charge on any atom is 0.259 e. The minimum Gasteiger partial charge on any atom is -0.493 e. The Morgan fingerprint density at radius 2 is 2.06 bits per heavy atom. The minimum atomic E-state index is -0.138. The smallest absolute Gasteiger partial charge is 0.259 e. The Bertz CT molecular complexity index is 1230. The van der Waals surface area contributed by atoms with E-state index in [9.17, 15) is 4.79 Å². The number of benzene rings is 2. The van der Waals surface area contributed by atoms with E-state index in [1.807, 2.05) is 30.3 Å². The summed E-state index contributed by atoms with van der Waals surface area (Å²) in [5, 5.41) is 4.07. The van der Waals surface area contributed by atoms with E-state index in [4.69, 9.17) is 32.5 Å². The Balaban J connectivity index is 1.67. The van der Waals surface area contributed by atoms with Gasteiger partial charge in [0.15, 0.2) is 11.5 Å². The average molecular weight is 479 g/mol. The van der Waals surface area contributed by atoms with Gasteiger partial charge in [0.05, 0.1) is 17.7 Å². The average Bonchev–Trinajstić information content (AvgIpc) is 3.21. The summed E-state index contributed by atoms with van der Waals surface area (Å²) in [6.07, 6.45) is 11.0. The fraction of sp³-hybridized carbons (Fsp3) is 0.231. The highest BCUT2D eigenvalue weighted by Gasteiger charge is 2.25. The fourth-order valence-corrected chi connectivity index (χ4v) is 5.30. The lowest BCUT2D eigenvalue weighted by molar-refractivity contribution is 0.102. The SMILES string of the molecule is C#CCOc1c(Cl)cc(C=Nc2sc3c(c2C(=O)Nc2ccccc2)CCCC3)cc1OC. The van der Waals surface area contributed by atoms with E-state index in [1.54, 1.807) is 29.7 Å². The van der Waals surface area contributed by atoms with Crippen LogP contribution in [0, 0.1) is 12.3 Å². The van der Waals surface area contributed by atoms with Crippen LogP contribution in [0.4, 0.5) is 10.7 Å². The van der Waals surface area contributed by atoms with Gasteiger partial charge in [0.25, 0.3) is 5.91 Å². The maximum absolute atomic E-state index is 13.2. The molecule has 0 saturated carbocycles. The molecule has 5 nitrogen and oxygen atoms in total. The molecule has 1 N–H and O–H groups in total. The number of anilines is 1. The Labute approximate surface area is 202 Å². The van der Waals surface area contributed by atoms with Gasteiger partial charge in [-0.3, -0.25) is 4.79 Å². The van der Waals surface area contributed by atoms with Gasteiger partial charge in [-0.25, -0.2) is 4.99 Å². The predicted octanol–water partition coefficient (Wildman–Crippen LogP) is 6.30. The van der Waals surface area contributed by atoms with Crippen molar-refractivity contribution in [3.05, 3.63) is 69.1 Å². The largest absolute Gasteiger partial charge is 0.493 e. The van der Waals surface area contributed by atoms with Crippen LogP contribution in [0.3, 0.4) is 0 Å². The zero-order valence-electron chi connectivity index (χ0n) is 18.2. The summed E-state index contributed by atoms with van der Waals surface area (Å²) >= 11 is 7.97. The molecule has 1 amide bonds. The van der Waals surface area contributed by atoms with E-state index >= 15 is 0 Å². The van der Waals surface area contributed by atoms with Crippen LogP contribution < -0.4 is 14.8 Å². The van der Waals surface area contributed by atoms with E-state index in [0.29, 0.717) is 27.1 Å². The first-order valence-corrected chi connectivity index (χ1v) is 11.8. The molecule has 0 saturated heterocycles. The van der Waals surface area contributed by atoms with Crippen molar-refractivity contribution in [3.8, 4) is 23.8 Å². The van der Waals surface area contributed by atoms with Crippen molar-refractivity contribution in [1.82, 2.24) is 0 Å². The van der Waals surface area contributed by atoms with Crippen molar-refractivity contribution in [3.63, 3.8) is 0 Å². The van der Waals surface area contributed by atoms with Gasteiger partial charge in [-0.2, -0.15) is 0 Å². The molecule has 3 aromatic rings. The first-order chi connectivity index (χ1) is 16.1. The molecular formula is C26H23ClN2O3S. The number of rotatable bonds is 7. The monoisotopic (exact) mass is 478 g/mol. The van der Waals surface area contributed by atoms with Gasteiger partial charge in [0.1, 0.15) is 11.6 Å². The molecule has 0 atom stereocenters. The van der Waals surface area contributed by atoms with Gasteiger partial charge in [-0.1, -0.05) is 35.7 Å². The molecule has 1 aliphatic rings. The molecule has 4 rings (SSSR count). The third-order valence-electron chi connectivity index (χ3n) is 5.29. The number of fused-ring (bicyclic) bond motifs is 1. The number of nitrogens with one attached hydrogen (secondary N) is 1. The molecular weight excluding hydrogens is 456 g/mol. The van der Waals surface area contributed by atoms with Crippen LogP contribution in [-0.2, 0) is 12.8 Å². The Hall–Kier alpha value is -3.27. The van der Waals surface area contributed by atoms with Crippen molar-refractivity contribution in [2.45, 2.75) is 25.7 Å². The zero-order valence-corrected chi connectivity index (χ0v) is 19.8. The number of para-hydroxylation sites is 1. The summed E-state index contributed by atoms with van der Waals surface area (Å²) in [5.74, 6) is 3.13. The number of nitrogens with zero attached hydrogens (tertiary/aromatic N) is 1. The Morgan fingerprint density at radius 3 is 2.82 bits per heavy atom. The van der Waals surface area contributed by atoms with E-state index < -0.39 is 0 Å². The van der Waals surface area contributed by atoms with Gasteiger partial charge in [-0.15, -0.1) is 17.8 Å². The number of hydrogen-bond donors (Lipinski definition) is 1. The van der Waals surface area contributed by atoms with E-state index in [1.165, 1.54) is 12.0 Å². The van der Waals surface area contributed by atoms with Crippen molar-refractivity contribution in [2.75, 3.05) is 19.0 Å². The summed E-state index contributed by atoms with van der Waals surface area (Å²) in [4.78, 5) is 19.2. The number of ether oxygens (including phenoxy) is 2. The number of thiophene rings is 1. The molecule has 0 fully saturated rings. The van der Waals surface area contributed by atoms with Crippen molar-refractivity contribution in [2.24, 2.45) is 4.99 Å². The first kappa shape index (κ1) is 22.9. The van der Waals surface area contributed by atoms with Gasteiger partial charge in [0, 0.05) is 16.8 Å². The van der Waals surface area contributed by atoms with Crippen molar-refractivity contribution >= 4 is 45.7 Å². The standard InChI is InChI=1S/C26H23ClN2O3S/c1-3-13-32-24-20(27)14-17(15-21(24)31-2)16-28-26-23(19-11-7-8-12-22(19)33-26)25(30)29-18-9-5-4-6-10-18/h1,4-6,9-10,14-16H,7-8,11-13H2,2H3,(H,29,30). The molecule has 0 spiro atoms. The second-order valence-electron chi connectivity index (χ2n) is 7.50. The fourth-order valence-electron chi connectivity index (χ4n) is 3.79. The van der Waals surface area contributed by atoms with Gasteiger partial charge >= 0.3 is 0 Å². The highest BCUT2D eigenvalue weighted by Crippen LogP contribution is 2.41. The normalized spacial score (nSPS) is 12.8. The number of aryl methyl sites for hydroxylation is 1. The molecule has 1 heterocycles.